The summed E-state index contributed by atoms with van der Waals surface area (Å²) >= 11 is 0. The molecule has 1 aromatic heterocycles. The van der Waals surface area contributed by atoms with Crippen LogP contribution in [0.25, 0.3) is 11.3 Å². The maximum atomic E-state index is 13.6. The molecular formula is C27H33FN4O3S. The van der Waals surface area contributed by atoms with Gasteiger partial charge in [0.15, 0.2) is 0 Å². The molecule has 1 fully saturated rings. The lowest BCUT2D eigenvalue weighted by Crippen LogP contribution is -2.36. The van der Waals surface area contributed by atoms with Crippen molar-refractivity contribution in [1.29, 1.82) is 0 Å². The summed E-state index contributed by atoms with van der Waals surface area (Å²) in [6.07, 6.45) is 6.30. The van der Waals surface area contributed by atoms with Crippen molar-refractivity contribution in [1.82, 2.24) is 14.5 Å². The molecule has 1 aliphatic rings. The molecule has 0 aliphatic heterocycles. The van der Waals surface area contributed by atoms with Gasteiger partial charge in [0.2, 0.25) is 10.0 Å². The molecule has 1 aliphatic carbocycles. The number of benzene rings is 2. The number of carbonyl (C=O) groups excluding carboxylic acids is 1. The first-order valence-electron chi connectivity index (χ1n) is 12.2. The van der Waals surface area contributed by atoms with Crippen molar-refractivity contribution >= 4 is 21.6 Å². The average Bonchev–Trinajstić information content (AvgIpc) is 3.27. The fraction of sp³-hybridized carbons (Fsp3) is 0.407. The largest absolute Gasteiger partial charge is 0.322 e. The third-order valence-corrected chi connectivity index (χ3v) is 8.09. The van der Waals surface area contributed by atoms with E-state index < -0.39 is 21.5 Å². The Labute approximate surface area is 212 Å². The van der Waals surface area contributed by atoms with Gasteiger partial charge in [0, 0.05) is 17.3 Å². The van der Waals surface area contributed by atoms with Crippen LogP contribution in [-0.2, 0) is 15.6 Å². The molecule has 7 nitrogen and oxygen atoms in total. The highest BCUT2D eigenvalue weighted by atomic mass is 32.2. The third-order valence-electron chi connectivity index (χ3n) is 6.43. The van der Waals surface area contributed by atoms with E-state index in [1.165, 1.54) is 24.4 Å². The second-order valence-corrected chi connectivity index (χ2v) is 12.1. The number of rotatable bonds is 6. The minimum Gasteiger partial charge on any atom is -0.322 e. The number of aromatic nitrogens is 2. The highest BCUT2D eigenvalue weighted by Crippen LogP contribution is 2.30. The first kappa shape index (κ1) is 26.0. The van der Waals surface area contributed by atoms with E-state index in [1.54, 1.807) is 35.9 Å². The fourth-order valence-corrected chi connectivity index (χ4v) is 6.15. The van der Waals surface area contributed by atoms with Gasteiger partial charge in [-0.3, -0.25) is 9.48 Å². The normalized spacial score (nSPS) is 15.1. The van der Waals surface area contributed by atoms with Gasteiger partial charge >= 0.3 is 0 Å². The Bertz CT molecular complexity index is 1350. The van der Waals surface area contributed by atoms with Crippen molar-refractivity contribution in [2.75, 3.05) is 5.32 Å². The molecule has 3 aromatic rings. The molecule has 192 valence electrons. The summed E-state index contributed by atoms with van der Waals surface area (Å²) in [5, 5.41) is 7.27. The Morgan fingerprint density at radius 3 is 2.36 bits per heavy atom. The summed E-state index contributed by atoms with van der Waals surface area (Å²) < 4.78 is 44.4. The van der Waals surface area contributed by atoms with Crippen LogP contribution in [0.15, 0.2) is 53.6 Å². The molecule has 9 heteroatoms. The summed E-state index contributed by atoms with van der Waals surface area (Å²) in [7, 11) is -3.74. The Hall–Kier alpha value is -3.04. The minimum absolute atomic E-state index is 0.0668. The summed E-state index contributed by atoms with van der Waals surface area (Å²) in [5.41, 5.74) is 2.05. The van der Waals surface area contributed by atoms with Crippen LogP contribution in [-0.4, -0.2) is 30.1 Å². The number of amides is 1. The topological polar surface area (TPSA) is 93.1 Å². The maximum Gasteiger partial charge on any atom is 0.259 e. The second-order valence-electron chi connectivity index (χ2n) is 10.4. The molecule has 0 bridgehead atoms. The van der Waals surface area contributed by atoms with Crippen LogP contribution in [0.5, 0.6) is 0 Å². The summed E-state index contributed by atoms with van der Waals surface area (Å²) in [4.78, 5) is 13.5. The van der Waals surface area contributed by atoms with Crippen molar-refractivity contribution in [3.05, 3.63) is 65.6 Å². The van der Waals surface area contributed by atoms with Crippen molar-refractivity contribution in [3.8, 4) is 11.3 Å². The fourth-order valence-electron chi connectivity index (χ4n) is 4.58. The third kappa shape index (κ3) is 5.68. The zero-order valence-electron chi connectivity index (χ0n) is 21.1. The van der Waals surface area contributed by atoms with Gasteiger partial charge in [0.05, 0.1) is 27.9 Å². The Kier molecular flexibility index (Phi) is 7.33. The van der Waals surface area contributed by atoms with Crippen LogP contribution >= 0.6 is 0 Å². The summed E-state index contributed by atoms with van der Waals surface area (Å²) in [6.45, 7) is 7.63. The highest BCUT2D eigenvalue weighted by Gasteiger charge is 2.27. The average molecular weight is 513 g/mol. The molecular weight excluding hydrogens is 479 g/mol. The van der Waals surface area contributed by atoms with E-state index in [9.17, 15) is 17.6 Å². The molecule has 2 aromatic carbocycles. The van der Waals surface area contributed by atoms with E-state index in [0.717, 1.165) is 32.1 Å². The van der Waals surface area contributed by atoms with Crippen LogP contribution in [0, 0.1) is 12.7 Å². The number of nitrogens with one attached hydrogen (secondary N) is 2. The number of carbonyl (C=O) groups is 1. The summed E-state index contributed by atoms with van der Waals surface area (Å²) in [5.74, 6) is -0.806. The van der Waals surface area contributed by atoms with E-state index in [1.807, 2.05) is 20.8 Å². The lowest BCUT2D eigenvalue weighted by Gasteiger charge is -2.23. The highest BCUT2D eigenvalue weighted by molar-refractivity contribution is 7.89. The number of hydrogen-bond acceptors (Lipinski definition) is 4. The standard InChI is InChI=1S/C27H33FN4O3S/c1-18-10-15-22(16-24(18)36(34,35)31-21-8-6-5-7-9-21)30-26(33)23-17-29-32(27(2,3)4)25(23)19-11-13-20(28)14-12-19/h10-17,21,31H,5-9H2,1-4H3,(H,30,33). The zero-order valence-corrected chi connectivity index (χ0v) is 22.0. The van der Waals surface area contributed by atoms with Crippen LogP contribution in [0.1, 0.15) is 68.8 Å². The number of anilines is 1. The van der Waals surface area contributed by atoms with Gasteiger partial charge in [-0.05, 0) is 82.5 Å². The lowest BCUT2D eigenvalue weighted by molar-refractivity contribution is 0.102. The smallest absolute Gasteiger partial charge is 0.259 e. The first-order valence-corrected chi connectivity index (χ1v) is 13.7. The molecule has 2 N–H and O–H groups in total. The zero-order chi connectivity index (χ0) is 26.1. The lowest BCUT2D eigenvalue weighted by atomic mass is 9.96. The van der Waals surface area contributed by atoms with Gasteiger partial charge in [0.25, 0.3) is 5.91 Å². The molecule has 0 saturated heterocycles. The van der Waals surface area contributed by atoms with E-state index in [-0.39, 0.29) is 16.8 Å². The predicted molar refractivity (Wildman–Crippen MR) is 139 cm³/mol. The number of hydrogen-bond donors (Lipinski definition) is 2. The van der Waals surface area contributed by atoms with Crippen molar-refractivity contribution in [2.45, 2.75) is 76.3 Å². The van der Waals surface area contributed by atoms with E-state index in [2.05, 4.69) is 15.1 Å². The maximum absolute atomic E-state index is 13.6. The first-order chi connectivity index (χ1) is 17.0. The van der Waals surface area contributed by atoms with Crippen LogP contribution in [0.4, 0.5) is 10.1 Å². The Morgan fingerprint density at radius 2 is 1.72 bits per heavy atom. The van der Waals surface area contributed by atoms with Gasteiger partial charge < -0.3 is 5.32 Å². The molecule has 4 rings (SSSR count). The van der Waals surface area contributed by atoms with Crippen molar-refractivity contribution in [2.24, 2.45) is 0 Å². The van der Waals surface area contributed by atoms with Crippen molar-refractivity contribution < 1.29 is 17.6 Å². The molecule has 1 saturated carbocycles. The van der Waals surface area contributed by atoms with Crippen LogP contribution in [0.2, 0.25) is 0 Å². The predicted octanol–water partition coefficient (Wildman–Crippen LogP) is 5.62. The quantitative estimate of drug-likeness (QED) is 0.449. The van der Waals surface area contributed by atoms with Gasteiger partial charge in [0.1, 0.15) is 5.82 Å². The monoisotopic (exact) mass is 512 g/mol. The number of sulfonamides is 1. The molecule has 1 heterocycles. The minimum atomic E-state index is -3.74. The number of aryl methyl sites for hydroxylation is 1. The Balaban J connectivity index is 1.64. The summed E-state index contributed by atoms with van der Waals surface area (Å²) in [6, 6.07) is 10.7. The van der Waals surface area contributed by atoms with Crippen molar-refractivity contribution in [3.63, 3.8) is 0 Å². The van der Waals surface area contributed by atoms with Crippen LogP contribution in [0.3, 0.4) is 0 Å². The number of halogens is 1. The van der Waals surface area contributed by atoms with E-state index in [0.29, 0.717) is 28.1 Å². The molecule has 0 spiro atoms. The SMILES string of the molecule is Cc1ccc(NC(=O)c2cnn(C(C)(C)C)c2-c2ccc(F)cc2)cc1S(=O)(=O)NC1CCCCC1. The van der Waals surface area contributed by atoms with E-state index >= 15 is 0 Å². The van der Waals surface area contributed by atoms with Crippen LogP contribution < -0.4 is 10.0 Å². The van der Waals surface area contributed by atoms with E-state index in [4.69, 9.17) is 0 Å². The molecule has 0 unspecified atom stereocenters. The molecule has 0 radical (unpaired) electrons. The molecule has 1 amide bonds. The molecule has 0 atom stereocenters. The van der Waals surface area contributed by atoms with Gasteiger partial charge in [-0.1, -0.05) is 25.3 Å². The Morgan fingerprint density at radius 1 is 1.06 bits per heavy atom. The van der Waals surface area contributed by atoms with Gasteiger partial charge in [-0.25, -0.2) is 17.5 Å². The van der Waals surface area contributed by atoms with Gasteiger partial charge in [-0.15, -0.1) is 0 Å². The molecule has 36 heavy (non-hydrogen) atoms. The van der Waals surface area contributed by atoms with Gasteiger partial charge in [-0.2, -0.15) is 5.10 Å². The second kappa shape index (κ2) is 10.1. The number of nitrogens with zero attached hydrogens (tertiary/aromatic N) is 2.